The normalized spacial score (nSPS) is 13.0. The van der Waals surface area contributed by atoms with Crippen LogP contribution in [0, 0.1) is 0 Å². The van der Waals surface area contributed by atoms with Crippen LogP contribution in [0.25, 0.3) is 0 Å². The van der Waals surface area contributed by atoms with Gasteiger partial charge in [-0.3, -0.25) is 9.59 Å². The van der Waals surface area contributed by atoms with Gasteiger partial charge in [-0.15, -0.1) is 0 Å². The summed E-state index contributed by atoms with van der Waals surface area (Å²) in [7, 11) is 0. The molecule has 0 heterocycles. The highest BCUT2D eigenvalue weighted by atomic mass is 16.6. The van der Waals surface area contributed by atoms with Crippen molar-refractivity contribution in [1.82, 2.24) is 0 Å². The highest BCUT2D eigenvalue weighted by Gasteiger charge is 2.17. The van der Waals surface area contributed by atoms with Gasteiger partial charge in [0.15, 0.2) is 6.10 Å². The van der Waals surface area contributed by atoms with Gasteiger partial charge in [0.2, 0.25) is 0 Å². The Morgan fingerprint density at radius 1 is 0.319 bits per heavy atom. The molecule has 0 amide bonds. The fraction of sp³-hybridized carbons (Fsp3) is 0.701. The van der Waals surface area contributed by atoms with Crippen LogP contribution in [-0.4, -0.2) is 37.9 Å². The van der Waals surface area contributed by atoms with E-state index in [1.165, 1.54) is 161 Å². The third-order valence-corrected chi connectivity index (χ3v) is 12.8. The van der Waals surface area contributed by atoms with Crippen LogP contribution in [0.2, 0.25) is 0 Å². The van der Waals surface area contributed by atoms with Crippen molar-refractivity contribution in [2.75, 3.05) is 19.8 Å². The van der Waals surface area contributed by atoms with E-state index in [4.69, 9.17) is 14.2 Å². The van der Waals surface area contributed by atoms with E-state index in [9.17, 15) is 9.59 Å². The van der Waals surface area contributed by atoms with Crippen molar-refractivity contribution < 1.29 is 23.8 Å². The SMILES string of the molecule is CC/C=C\C/C=C\C/C=C\C/C=C\C/C=C\C/C=C\CCC(=O)OCC(COCCCCCCCCC/C=C\C/C=C\C/C=C\CCCCC)OC(=O)CCCCCCCCCCCCCCCCCCC. The van der Waals surface area contributed by atoms with E-state index < -0.39 is 6.10 Å². The summed E-state index contributed by atoms with van der Waals surface area (Å²) in [6.45, 7) is 7.61. The topological polar surface area (TPSA) is 61.8 Å². The molecule has 0 fully saturated rings. The fourth-order valence-corrected chi connectivity index (χ4v) is 8.31. The third kappa shape index (κ3) is 59.1. The first-order chi connectivity index (χ1) is 35.6. The highest BCUT2D eigenvalue weighted by Crippen LogP contribution is 2.16. The van der Waals surface area contributed by atoms with Gasteiger partial charge in [-0.05, 0) is 96.3 Å². The number of rotatable bonds is 55. The molecule has 0 saturated carbocycles. The molecule has 0 aromatic rings. The van der Waals surface area contributed by atoms with Crippen molar-refractivity contribution in [3.05, 3.63) is 109 Å². The minimum Gasteiger partial charge on any atom is -0.462 e. The van der Waals surface area contributed by atoms with Crippen LogP contribution >= 0.6 is 0 Å². The van der Waals surface area contributed by atoms with Crippen LogP contribution in [0.15, 0.2) is 109 Å². The summed E-state index contributed by atoms with van der Waals surface area (Å²) in [5.74, 6) is -0.494. The maximum atomic E-state index is 12.9. The molecule has 5 nitrogen and oxygen atoms in total. The van der Waals surface area contributed by atoms with Crippen molar-refractivity contribution in [2.24, 2.45) is 0 Å². The Kier molecular flexibility index (Phi) is 58.9. The van der Waals surface area contributed by atoms with E-state index in [0.29, 0.717) is 25.9 Å². The Balaban J connectivity index is 4.41. The summed E-state index contributed by atoms with van der Waals surface area (Å²) in [5.41, 5.74) is 0. The number of carbonyl (C=O) groups excluding carboxylic acids is 2. The standard InChI is InChI=1S/C67H114O5/c1-4-7-10-13-16-19-22-25-28-31-33-35-38-41-44-47-50-53-56-59-62-70-63-65(72-67(69)61-58-55-52-49-46-43-40-36-30-27-24-21-18-15-12-9-6-3)64-71-66(68)60-57-54-51-48-45-42-39-37-34-32-29-26-23-20-17-14-11-8-5-2/h8,11,16-17,19-20,25-26,28-29,33-35,37,42,45,51,54,65H,4-7,9-10,12-15,18,21-24,27,30-32,36,38-41,43-44,46-50,52-53,55-64H2,1-3H3/b11-8-,19-16-,20-17-,28-25-,29-26-,35-33-,37-34-,45-42-,54-51-. The second-order valence-corrected chi connectivity index (χ2v) is 19.9. The molecule has 0 bridgehead atoms. The van der Waals surface area contributed by atoms with Gasteiger partial charge in [0.25, 0.3) is 0 Å². The second-order valence-electron chi connectivity index (χ2n) is 19.9. The summed E-state index contributed by atoms with van der Waals surface area (Å²) in [5, 5.41) is 0. The number of carbonyl (C=O) groups is 2. The zero-order chi connectivity index (χ0) is 52.0. The Morgan fingerprint density at radius 3 is 1.08 bits per heavy atom. The van der Waals surface area contributed by atoms with Crippen LogP contribution in [0.5, 0.6) is 0 Å². The number of hydrogen-bond donors (Lipinski definition) is 0. The molecule has 0 aliphatic carbocycles. The lowest BCUT2D eigenvalue weighted by Crippen LogP contribution is -2.30. The number of esters is 2. The fourth-order valence-electron chi connectivity index (χ4n) is 8.31. The molecule has 0 radical (unpaired) electrons. The van der Waals surface area contributed by atoms with E-state index >= 15 is 0 Å². The van der Waals surface area contributed by atoms with Gasteiger partial charge < -0.3 is 14.2 Å². The van der Waals surface area contributed by atoms with E-state index in [1.54, 1.807) is 0 Å². The number of ether oxygens (including phenoxy) is 3. The molecule has 0 aliphatic rings. The molecule has 0 rings (SSSR count). The molecule has 1 unspecified atom stereocenters. The zero-order valence-corrected chi connectivity index (χ0v) is 47.4. The molecule has 1 atom stereocenters. The first-order valence-corrected chi connectivity index (χ1v) is 30.4. The molecular formula is C67H114O5. The van der Waals surface area contributed by atoms with Gasteiger partial charge in [0.05, 0.1) is 6.61 Å². The van der Waals surface area contributed by atoms with Gasteiger partial charge >= 0.3 is 11.9 Å². The molecule has 0 N–H and O–H groups in total. The average molecular weight is 1000 g/mol. The summed E-state index contributed by atoms with van der Waals surface area (Å²) >= 11 is 0. The van der Waals surface area contributed by atoms with Gasteiger partial charge in [-0.25, -0.2) is 0 Å². The van der Waals surface area contributed by atoms with Crippen LogP contribution in [-0.2, 0) is 23.8 Å². The molecule has 0 aliphatic heterocycles. The predicted octanol–water partition coefficient (Wildman–Crippen LogP) is 21.1. The minimum absolute atomic E-state index is 0.0378. The van der Waals surface area contributed by atoms with E-state index in [2.05, 4.69) is 124 Å². The molecule has 72 heavy (non-hydrogen) atoms. The molecule has 0 spiro atoms. The monoisotopic (exact) mass is 999 g/mol. The lowest BCUT2D eigenvalue weighted by atomic mass is 10.0. The van der Waals surface area contributed by atoms with E-state index in [-0.39, 0.29) is 25.2 Å². The quantitative estimate of drug-likeness (QED) is 0.0345. The van der Waals surface area contributed by atoms with Crippen molar-refractivity contribution in [2.45, 2.75) is 284 Å². The van der Waals surface area contributed by atoms with E-state index in [0.717, 1.165) is 77.0 Å². The molecule has 5 heteroatoms. The van der Waals surface area contributed by atoms with Crippen molar-refractivity contribution in [3.8, 4) is 0 Å². The first-order valence-electron chi connectivity index (χ1n) is 30.4. The van der Waals surface area contributed by atoms with Gasteiger partial charge in [-0.2, -0.15) is 0 Å². The Morgan fingerprint density at radius 2 is 0.653 bits per heavy atom. The Labute approximate surface area is 446 Å². The Hall–Kier alpha value is -3.44. The smallest absolute Gasteiger partial charge is 0.306 e. The third-order valence-electron chi connectivity index (χ3n) is 12.8. The molecule has 0 saturated heterocycles. The zero-order valence-electron chi connectivity index (χ0n) is 47.4. The highest BCUT2D eigenvalue weighted by molar-refractivity contribution is 5.70. The maximum Gasteiger partial charge on any atom is 0.306 e. The predicted molar refractivity (Wildman–Crippen MR) is 316 cm³/mol. The van der Waals surface area contributed by atoms with Crippen molar-refractivity contribution in [3.63, 3.8) is 0 Å². The van der Waals surface area contributed by atoms with Gasteiger partial charge in [0, 0.05) is 19.4 Å². The van der Waals surface area contributed by atoms with Crippen molar-refractivity contribution >= 4 is 11.9 Å². The molecule has 412 valence electrons. The van der Waals surface area contributed by atoms with Crippen LogP contribution in [0.3, 0.4) is 0 Å². The van der Waals surface area contributed by atoms with Crippen LogP contribution in [0.1, 0.15) is 278 Å². The van der Waals surface area contributed by atoms with Crippen molar-refractivity contribution in [1.29, 1.82) is 0 Å². The van der Waals surface area contributed by atoms with E-state index in [1.807, 2.05) is 6.08 Å². The number of hydrogen-bond acceptors (Lipinski definition) is 5. The van der Waals surface area contributed by atoms with Gasteiger partial charge in [-0.1, -0.05) is 278 Å². The summed E-state index contributed by atoms with van der Waals surface area (Å²) < 4.78 is 17.4. The van der Waals surface area contributed by atoms with Crippen LogP contribution in [0.4, 0.5) is 0 Å². The summed E-state index contributed by atoms with van der Waals surface area (Å²) in [6.07, 6.45) is 85.6. The Bertz CT molecular complexity index is 1410. The van der Waals surface area contributed by atoms with Crippen LogP contribution < -0.4 is 0 Å². The minimum atomic E-state index is -0.578. The molecule has 0 aromatic heterocycles. The molecule has 0 aromatic carbocycles. The lowest BCUT2D eigenvalue weighted by molar-refractivity contribution is -0.162. The second kappa shape index (κ2) is 61.9. The lowest BCUT2D eigenvalue weighted by Gasteiger charge is -2.18. The molecular weight excluding hydrogens is 885 g/mol. The average Bonchev–Trinajstić information content (AvgIpc) is 3.38. The number of allylic oxidation sites excluding steroid dienone is 18. The summed E-state index contributed by atoms with van der Waals surface area (Å²) in [6, 6.07) is 0. The largest absolute Gasteiger partial charge is 0.462 e. The maximum absolute atomic E-state index is 12.9. The number of unbranched alkanes of at least 4 members (excludes halogenated alkanes) is 26. The first kappa shape index (κ1) is 68.6. The van der Waals surface area contributed by atoms with Gasteiger partial charge in [0.1, 0.15) is 6.61 Å². The summed E-state index contributed by atoms with van der Waals surface area (Å²) in [4.78, 5) is 25.5.